The molecule has 2 heterocycles. The van der Waals surface area contributed by atoms with E-state index in [4.69, 9.17) is 28.2 Å². The fourth-order valence-electron chi connectivity index (χ4n) is 4.65. The molecular formula is C24H34Cl2N8O. The van der Waals surface area contributed by atoms with E-state index < -0.39 is 0 Å². The number of aromatic nitrogens is 3. The first-order chi connectivity index (χ1) is 16.8. The SMILES string of the molecule is CNc1nc(NC2CCC(C(=O)N(C)Cc3ccc(Cl)cc3Cl)CC2)nc(N2CCN(C)CC2)n1. The maximum absolute atomic E-state index is 13.1. The van der Waals surface area contributed by atoms with E-state index in [-0.39, 0.29) is 17.9 Å². The Labute approximate surface area is 217 Å². The molecule has 2 fully saturated rings. The number of rotatable bonds is 7. The summed E-state index contributed by atoms with van der Waals surface area (Å²) in [6.45, 7) is 4.23. The highest BCUT2D eigenvalue weighted by molar-refractivity contribution is 6.35. The first-order valence-electron chi connectivity index (χ1n) is 12.1. The van der Waals surface area contributed by atoms with Gasteiger partial charge in [-0.15, -0.1) is 0 Å². The molecular weight excluding hydrogens is 487 g/mol. The first-order valence-corrected chi connectivity index (χ1v) is 12.9. The minimum atomic E-state index is 0.0104. The molecule has 1 aliphatic carbocycles. The summed E-state index contributed by atoms with van der Waals surface area (Å²) in [6, 6.07) is 5.61. The molecule has 0 radical (unpaired) electrons. The van der Waals surface area contributed by atoms with Gasteiger partial charge in [-0.1, -0.05) is 29.3 Å². The molecule has 1 aromatic heterocycles. The van der Waals surface area contributed by atoms with Crippen LogP contribution >= 0.6 is 23.2 Å². The lowest BCUT2D eigenvalue weighted by atomic mass is 9.85. The van der Waals surface area contributed by atoms with Crippen molar-refractivity contribution in [3.8, 4) is 0 Å². The van der Waals surface area contributed by atoms with E-state index in [0.29, 0.717) is 34.4 Å². The Bertz CT molecular complexity index is 1020. The number of nitrogens with zero attached hydrogens (tertiary/aromatic N) is 6. The van der Waals surface area contributed by atoms with Gasteiger partial charge in [0.05, 0.1) is 0 Å². The highest BCUT2D eigenvalue weighted by Crippen LogP contribution is 2.29. The summed E-state index contributed by atoms with van der Waals surface area (Å²) in [4.78, 5) is 33.1. The number of amides is 1. The van der Waals surface area contributed by atoms with Gasteiger partial charge in [0, 0.05) is 68.8 Å². The molecule has 1 aliphatic heterocycles. The molecule has 190 valence electrons. The van der Waals surface area contributed by atoms with Crippen LogP contribution in [0.1, 0.15) is 31.2 Å². The van der Waals surface area contributed by atoms with Gasteiger partial charge in [0.15, 0.2) is 0 Å². The zero-order valence-corrected chi connectivity index (χ0v) is 22.1. The number of hydrogen-bond acceptors (Lipinski definition) is 8. The molecule has 1 saturated carbocycles. The third-order valence-electron chi connectivity index (χ3n) is 6.84. The van der Waals surface area contributed by atoms with Crippen LogP contribution in [0.5, 0.6) is 0 Å². The lowest BCUT2D eigenvalue weighted by molar-refractivity contribution is -0.135. The van der Waals surface area contributed by atoms with Crippen LogP contribution in [0.15, 0.2) is 18.2 Å². The van der Waals surface area contributed by atoms with Gasteiger partial charge in [-0.25, -0.2) is 0 Å². The van der Waals surface area contributed by atoms with Crippen LogP contribution in [-0.4, -0.2) is 84.0 Å². The fraction of sp³-hybridized carbons (Fsp3) is 0.583. The highest BCUT2D eigenvalue weighted by atomic mass is 35.5. The molecule has 9 nitrogen and oxygen atoms in total. The summed E-state index contributed by atoms with van der Waals surface area (Å²) in [6.07, 6.45) is 3.42. The monoisotopic (exact) mass is 520 g/mol. The van der Waals surface area contributed by atoms with Crippen molar-refractivity contribution in [2.75, 3.05) is 62.9 Å². The second kappa shape index (κ2) is 11.6. The van der Waals surface area contributed by atoms with Gasteiger partial charge in [-0.2, -0.15) is 15.0 Å². The van der Waals surface area contributed by atoms with Crippen molar-refractivity contribution in [3.63, 3.8) is 0 Å². The van der Waals surface area contributed by atoms with Crippen LogP contribution in [0.2, 0.25) is 10.0 Å². The Kier molecular flexibility index (Phi) is 8.51. The molecule has 2 aliphatic rings. The second-order valence-electron chi connectivity index (χ2n) is 9.45. The van der Waals surface area contributed by atoms with Gasteiger partial charge in [-0.05, 0) is 50.4 Å². The van der Waals surface area contributed by atoms with Crippen LogP contribution in [0.25, 0.3) is 0 Å². The summed E-state index contributed by atoms with van der Waals surface area (Å²) in [5.41, 5.74) is 0.897. The maximum Gasteiger partial charge on any atom is 0.232 e. The van der Waals surface area contributed by atoms with Crippen molar-refractivity contribution >= 4 is 47.0 Å². The van der Waals surface area contributed by atoms with Crippen LogP contribution in [0.4, 0.5) is 17.8 Å². The number of hydrogen-bond donors (Lipinski definition) is 2. The third-order valence-corrected chi connectivity index (χ3v) is 7.43. The zero-order valence-electron chi connectivity index (χ0n) is 20.6. The highest BCUT2D eigenvalue weighted by Gasteiger charge is 2.29. The number of piperazine rings is 1. The van der Waals surface area contributed by atoms with E-state index in [1.54, 1.807) is 17.0 Å². The van der Waals surface area contributed by atoms with Gasteiger partial charge >= 0.3 is 0 Å². The molecule has 1 saturated heterocycles. The van der Waals surface area contributed by atoms with E-state index >= 15 is 0 Å². The molecule has 11 heteroatoms. The molecule has 4 rings (SSSR count). The number of benzene rings is 1. The van der Waals surface area contributed by atoms with Gasteiger partial charge in [0.2, 0.25) is 23.8 Å². The molecule has 1 amide bonds. The summed E-state index contributed by atoms with van der Waals surface area (Å²) >= 11 is 12.3. The molecule has 0 atom stereocenters. The maximum atomic E-state index is 13.1. The molecule has 1 aromatic carbocycles. The fourth-order valence-corrected chi connectivity index (χ4v) is 5.12. The average Bonchev–Trinajstić information content (AvgIpc) is 2.86. The Hall–Kier alpha value is -2.36. The Morgan fingerprint density at radius 1 is 1.06 bits per heavy atom. The molecule has 0 bridgehead atoms. The van der Waals surface area contributed by atoms with Crippen LogP contribution in [-0.2, 0) is 11.3 Å². The minimum Gasteiger partial charge on any atom is -0.357 e. The standard InChI is InChI=1S/C24H34Cl2N8O/c1-27-22-29-23(31-24(30-22)34-12-10-32(2)11-13-34)28-19-8-5-16(6-9-19)21(35)33(3)15-17-4-7-18(25)14-20(17)26/h4,7,14,16,19H,5-6,8-13,15H2,1-3H3,(H2,27,28,29,30,31). The smallest absolute Gasteiger partial charge is 0.232 e. The predicted octanol–water partition coefficient (Wildman–Crippen LogP) is 3.60. The van der Waals surface area contributed by atoms with E-state index in [2.05, 4.69) is 37.4 Å². The molecule has 2 aromatic rings. The third kappa shape index (κ3) is 6.65. The minimum absolute atomic E-state index is 0.0104. The molecule has 2 N–H and O–H groups in total. The zero-order chi connectivity index (χ0) is 24.9. The van der Waals surface area contributed by atoms with Crippen molar-refractivity contribution in [1.82, 2.24) is 24.8 Å². The van der Waals surface area contributed by atoms with Gasteiger partial charge < -0.3 is 25.3 Å². The Morgan fingerprint density at radius 3 is 2.40 bits per heavy atom. The number of anilines is 3. The number of carbonyl (C=O) groups excluding carboxylic acids is 1. The summed E-state index contributed by atoms with van der Waals surface area (Å²) < 4.78 is 0. The van der Waals surface area contributed by atoms with Crippen molar-refractivity contribution in [1.29, 1.82) is 0 Å². The normalized spacial score (nSPS) is 21.0. The summed E-state index contributed by atoms with van der Waals surface area (Å²) in [5.74, 6) is 2.01. The summed E-state index contributed by atoms with van der Waals surface area (Å²) in [5, 5.41) is 7.71. The van der Waals surface area contributed by atoms with Gasteiger partial charge in [0.1, 0.15) is 0 Å². The quantitative estimate of drug-likeness (QED) is 0.572. The van der Waals surface area contributed by atoms with Crippen LogP contribution in [0, 0.1) is 5.92 Å². The molecule has 0 unspecified atom stereocenters. The lowest BCUT2D eigenvalue weighted by Crippen LogP contribution is -2.45. The van der Waals surface area contributed by atoms with Gasteiger partial charge in [0.25, 0.3) is 0 Å². The van der Waals surface area contributed by atoms with Gasteiger partial charge in [-0.3, -0.25) is 4.79 Å². The Morgan fingerprint density at radius 2 is 1.74 bits per heavy atom. The first kappa shape index (κ1) is 25.7. The van der Waals surface area contributed by atoms with Crippen molar-refractivity contribution in [2.45, 2.75) is 38.3 Å². The van der Waals surface area contributed by atoms with Crippen molar-refractivity contribution < 1.29 is 4.79 Å². The lowest BCUT2D eigenvalue weighted by Gasteiger charge is -2.33. The molecule has 0 spiro atoms. The largest absolute Gasteiger partial charge is 0.357 e. The van der Waals surface area contributed by atoms with Crippen molar-refractivity contribution in [2.24, 2.45) is 5.92 Å². The van der Waals surface area contributed by atoms with E-state index in [1.807, 2.05) is 20.2 Å². The van der Waals surface area contributed by atoms with Crippen LogP contribution in [0.3, 0.4) is 0 Å². The number of likely N-dealkylation sites (N-methyl/N-ethyl adjacent to an activating group) is 1. The average molecular weight is 521 g/mol. The van der Waals surface area contributed by atoms with E-state index in [0.717, 1.165) is 57.4 Å². The number of nitrogens with one attached hydrogen (secondary N) is 2. The topological polar surface area (TPSA) is 89.5 Å². The second-order valence-corrected chi connectivity index (χ2v) is 10.3. The van der Waals surface area contributed by atoms with Crippen LogP contribution < -0.4 is 15.5 Å². The number of carbonyl (C=O) groups is 1. The Balaban J connectivity index is 1.32. The summed E-state index contributed by atoms with van der Waals surface area (Å²) in [7, 11) is 5.78. The van der Waals surface area contributed by atoms with Crippen molar-refractivity contribution in [3.05, 3.63) is 33.8 Å². The predicted molar refractivity (Wildman–Crippen MR) is 141 cm³/mol. The van der Waals surface area contributed by atoms with E-state index in [1.165, 1.54) is 0 Å². The number of halogens is 2. The van der Waals surface area contributed by atoms with E-state index in [9.17, 15) is 4.79 Å². The molecule has 35 heavy (non-hydrogen) atoms.